The Balaban J connectivity index is 1.35. The second-order valence-corrected chi connectivity index (χ2v) is 12.8. The van der Waals surface area contributed by atoms with Gasteiger partial charge in [0.2, 0.25) is 23.8 Å². The molecular weight excluding hydrogens is 716 g/mol. The standard InChI is InChI=1S/C33H40O20/c1-10-20(37)24(41)27(44)32(48-10)49-12-6-14(36)19-16(7-12)50-29(11-3-4-13(35)15(5-11)46-2)30(23(19)40)53-33-28(45)25(42)22(39)18(52-33)9-47-31-26(43)21(38)17(8-34)51-31/h3-7,10,17-18,20-22,24-28,31-39,41-45H,8-9H2,1-2H3. The van der Waals surface area contributed by atoms with Crippen molar-refractivity contribution in [1.29, 1.82) is 0 Å². The van der Waals surface area contributed by atoms with Crippen molar-refractivity contribution in [2.75, 3.05) is 20.3 Å². The van der Waals surface area contributed by atoms with Crippen LogP contribution in [0.5, 0.6) is 28.7 Å². The van der Waals surface area contributed by atoms with Gasteiger partial charge in [0, 0.05) is 17.7 Å². The van der Waals surface area contributed by atoms with Crippen molar-refractivity contribution in [3.05, 3.63) is 40.6 Å². The number of aromatic hydroxyl groups is 2. The average molecular weight is 757 g/mol. The summed E-state index contributed by atoms with van der Waals surface area (Å²) in [4.78, 5) is 14.1. The first-order valence-corrected chi connectivity index (χ1v) is 16.3. The number of phenols is 2. The van der Waals surface area contributed by atoms with Crippen LogP contribution in [0.2, 0.25) is 0 Å². The molecule has 14 unspecified atom stereocenters. The van der Waals surface area contributed by atoms with Gasteiger partial charge in [0.05, 0.1) is 26.4 Å². The number of phenolic OH excluding ortho intramolecular Hbond substituents is 2. The van der Waals surface area contributed by atoms with Gasteiger partial charge in [-0.05, 0) is 25.1 Å². The number of ether oxygens (including phenoxy) is 7. The predicted molar refractivity (Wildman–Crippen MR) is 172 cm³/mol. The molecule has 2 aromatic carbocycles. The summed E-state index contributed by atoms with van der Waals surface area (Å²) < 4.78 is 44.6. The molecule has 0 amide bonds. The Hall–Kier alpha value is -3.87. The molecule has 14 atom stereocenters. The Morgan fingerprint density at radius 3 is 1.98 bits per heavy atom. The molecule has 53 heavy (non-hydrogen) atoms. The first kappa shape index (κ1) is 38.8. The van der Waals surface area contributed by atoms with Crippen LogP contribution < -0.4 is 19.6 Å². The lowest BCUT2D eigenvalue weighted by atomic mass is 9.99. The Labute approximate surface area is 298 Å². The fraction of sp³-hybridized carbons (Fsp3) is 0.545. The molecule has 3 aliphatic rings. The molecule has 0 bridgehead atoms. The van der Waals surface area contributed by atoms with E-state index in [1.165, 1.54) is 32.2 Å². The predicted octanol–water partition coefficient (Wildman–Crippen LogP) is -3.27. The second-order valence-electron chi connectivity index (χ2n) is 12.8. The van der Waals surface area contributed by atoms with Crippen LogP contribution in [-0.4, -0.2) is 163 Å². The largest absolute Gasteiger partial charge is 0.507 e. The molecule has 1 aromatic heterocycles. The van der Waals surface area contributed by atoms with Crippen LogP contribution in [0.15, 0.2) is 39.5 Å². The highest BCUT2D eigenvalue weighted by Gasteiger charge is 2.48. The van der Waals surface area contributed by atoms with E-state index in [4.69, 9.17) is 37.6 Å². The Morgan fingerprint density at radius 1 is 0.698 bits per heavy atom. The first-order valence-electron chi connectivity index (χ1n) is 16.3. The van der Waals surface area contributed by atoms with Gasteiger partial charge in [-0.1, -0.05) is 0 Å². The molecule has 0 saturated carbocycles. The summed E-state index contributed by atoms with van der Waals surface area (Å²) >= 11 is 0. The second kappa shape index (κ2) is 15.5. The number of benzene rings is 2. The number of aliphatic hydroxyl groups excluding tert-OH is 9. The van der Waals surface area contributed by atoms with Crippen LogP contribution in [0.25, 0.3) is 22.3 Å². The van der Waals surface area contributed by atoms with Gasteiger partial charge in [-0.25, -0.2) is 0 Å². The van der Waals surface area contributed by atoms with Crippen molar-refractivity contribution in [2.24, 2.45) is 0 Å². The Kier molecular flexibility index (Phi) is 11.3. The highest BCUT2D eigenvalue weighted by atomic mass is 16.7. The zero-order valence-corrected chi connectivity index (χ0v) is 28.0. The summed E-state index contributed by atoms with van der Waals surface area (Å²) in [7, 11) is 1.26. The van der Waals surface area contributed by atoms with Gasteiger partial charge < -0.3 is 93.7 Å². The number of aliphatic hydroxyl groups is 9. The van der Waals surface area contributed by atoms with Gasteiger partial charge in [-0.15, -0.1) is 0 Å². The Bertz CT molecular complexity index is 1820. The number of fused-ring (bicyclic) bond motifs is 1. The molecular formula is C33H40O20. The molecule has 0 spiro atoms. The quantitative estimate of drug-likeness (QED) is 0.0966. The van der Waals surface area contributed by atoms with Gasteiger partial charge in [-0.2, -0.15) is 0 Å². The van der Waals surface area contributed by atoms with Crippen LogP contribution in [0.1, 0.15) is 6.92 Å². The minimum atomic E-state index is -2.00. The summed E-state index contributed by atoms with van der Waals surface area (Å²) in [5.41, 5.74) is -1.32. The summed E-state index contributed by atoms with van der Waals surface area (Å²) in [5.74, 6) is -2.36. The van der Waals surface area contributed by atoms with E-state index in [0.29, 0.717) is 0 Å². The lowest BCUT2D eigenvalue weighted by molar-refractivity contribution is -0.290. The zero-order valence-electron chi connectivity index (χ0n) is 28.0. The minimum absolute atomic E-state index is 0.0477. The van der Waals surface area contributed by atoms with Crippen molar-refractivity contribution in [2.45, 2.75) is 92.9 Å². The topological polar surface area (TPSA) is 317 Å². The van der Waals surface area contributed by atoms with E-state index < -0.39 is 122 Å². The first-order chi connectivity index (χ1) is 25.1. The van der Waals surface area contributed by atoms with Gasteiger partial charge in [-0.3, -0.25) is 4.79 Å². The fourth-order valence-electron chi connectivity index (χ4n) is 6.15. The van der Waals surface area contributed by atoms with Gasteiger partial charge in [0.1, 0.15) is 83.5 Å². The van der Waals surface area contributed by atoms with Crippen LogP contribution in [0.3, 0.4) is 0 Å². The number of rotatable bonds is 10. The van der Waals surface area contributed by atoms with Crippen LogP contribution >= 0.6 is 0 Å². The number of hydrogen-bond donors (Lipinski definition) is 11. The van der Waals surface area contributed by atoms with Crippen molar-refractivity contribution in [1.82, 2.24) is 0 Å². The lowest BCUT2D eigenvalue weighted by Crippen LogP contribution is -2.60. The SMILES string of the molecule is COc1cc(-c2oc3cc(OC4OC(C)C(O)C(O)C4O)cc(O)c3c(=O)c2OC2OC(COC3OC(CO)C(O)C3O)C(O)C(O)C2O)ccc1O. The smallest absolute Gasteiger partial charge is 0.239 e. The lowest BCUT2D eigenvalue weighted by Gasteiger charge is -2.40. The third-order valence-electron chi connectivity index (χ3n) is 9.23. The summed E-state index contributed by atoms with van der Waals surface area (Å²) in [6, 6.07) is 5.91. The molecule has 20 nitrogen and oxygen atoms in total. The van der Waals surface area contributed by atoms with Crippen molar-refractivity contribution >= 4 is 11.0 Å². The summed E-state index contributed by atoms with van der Waals surface area (Å²) in [6.45, 7) is 0.173. The highest BCUT2D eigenvalue weighted by Crippen LogP contribution is 2.40. The number of methoxy groups -OCH3 is 1. The molecule has 11 N–H and O–H groups in total. The third-order valence-corrected chi connectivity index (χ3v) is 9.23. The molecule has 3 aromatic rings. The molecule has 3 aliphatic heterocycles. The maximum atomic E-state index is 14.1. The molecule has 3 saturated heterocycles. The van der Waals surface area contributed by atoms with Gasteiger partial charge >= 0.3 is 0 Å². The van der Waals surface area contributed by atoms with Crippen LogP contribution in [0, 0.1) is 0 Å². The van der Waals surface area contributed by atoms with Crippen molar-refractivity contribution in [3.63, 3.8) is 0 Å². The molecule has 0 radical (unpaired) electrons. The van der Waals surface area contributed by atoms with E-state index in [9.17, 15) is 61.0 Å². The number of hydrogen-bond acceptors (Lipinski definition) is 20. The average Bonchev–Trinajstić information content (AvgIpc) is 3.41. The molecule has 0 aliphatic carbocycles. The monoisotopic (exact) mass is 756 g/mol. The van der Waals surface area contributed by atoms with E-state index >= 15 is 0 Å². The molecule has 4 heterocycles. The maximum Gasteiger partial charge on any atom is 0.239 e. The fourth-order valence-corrected chi connectivity index (χ4v) is 6.15. The maximum absolute atomic E-state index is 14.1. The third kappa shape index (κ3) is 7.34. The van der Waals surface area contributed by atoms with Crippen LogP contribution in [-0.2, 0) is 18.9 Å². The normalized spacial score (nSPS) is 36.1. The summed E-state index contributed by atoms with van der Waals surface area (Å²) in [6.07, 6.45) is -22.2. The van der Waals surface area contributed by atoms with E-state index in [-0.39, 0.29) is 34.2 Å². The molecule has 20 heteroatoms. The summed E-state index contributed by atoms with van der Waals surface area (Å²) in [5, 5.41) is 113. The van der Waals surface area contributed by atoms with Crippen molar-refractivity contribution in [3.8, 4) is 40.1 Å². The van der Waals surface area contributed by atoms with E-state index in [1.807, 2.05) is 0 Å². The highest BCUT2D eigenvalue weighted by molar-refractivity contribution is 5.88. The molecule has 3 fully saturated rings. The zero-order chi connectivity index (χ0) is 38.5. The Morgan fingerprint density at radius 2 is 1.32 bits per heavy atom. The van der Waals surface area contributed by atoms with Gasteiger partial charge in [0.15, 0.2) is 23.5 Å². The van der Waals surface area contributed by atoms with Gasteiger partial charge in [0.25, 0.3) is 0 Å². The van der Waals surface area contributed by atoms with Crippen molar-refractivity contribution < 1.29 is 93.7 Å². The molecule has 6 rings (SSSR count). The minimum Gasteiger partial charge on any atom is -0.507 e. The molecule has 292 valence electrons. The van der Waals surface area contributed by atoms with E-state index in [0.717, 1.165) is 12.1 Å². The van der Waals surface area contributed by atoms with E-state index in [2.05, 4.69) is 0 Å². The van der Waals surface area contributed by atoms with E-state index in [1.54, 1.807) is 0 Å². The van der Waals surface area contributed by atoms with Crippen LogP contribution in [0.4, 0.5) is 0 Å².